The molecular weight excluding hydrogens is 513 g/mol. The lowest BCUT2D eigenvalue weighted by Gasteiger charge is -2.17. The number of benzene rings is 2. The van der Waals surface area contributed by atoms with Gasteiger partial charge in [-0.05, 0) is 45.0 Å². The Labute approximate surface area is 224 Å². The molecule has 0 aliphatic carbocycles. The second-order valence-electron chi connectivity index (χ2n) is 8.42. The minimum atomic E-state index is -0.570. The van der Waals surface area contributed by atoms with Crippen molar-refractivity contribution in [2.75, 3.05) is 30.8 Å². The van der Waals surface area contributed by atoms with E-state index < -0.39 is 17.8 Å². The lowest BCUT2D eigenvalue weighted by Crippen LogP contribution is -2.29. The molecule has 0 unspecified atom stereocenters. The highest BCUT2D eigenvalue weighted by Gasteiger charge is 2.16. The Balaban J connectivity index is 1.92. The summed E-state index contributed by atoms with van der Waals surface area (Å²) in [6.45, 7) is 5.80. The number of hydrogen-bond donors (Lipinski definition) is 2. The van der Waals surface area contributed by atoms with Crippen LogP contribution < -0.4 is 15.4 Å². The Morgan fingerprint density at radius 1 is 1.29 bits per heavy atom. The Hall–Kier alpha value is -4.36. The van der Waals surface area contributed by atoms with Gasteiger partial charge in [0.25, 0.3) is 0 Å². The van der Waals surface area contributed by atoms with Crippen molar-refractivity contribution < 1.29 is 23.5 Å². The lowest BCUT2D eigenvalue weighted by atomic mass is 10.1. The maximum absolute atomic E-state index is 13.6. The molecule has 2 N–H and O–H groups in total. The summed E-state index contributed by atoms with van der Waals surface area (Å²) in [4.78, 5) is 30.3. The summed E-state index contributed by atoms with van der Waals surface area (Å²) in [5.41, 5.74) is 1.94. The van der Waals surface area contributed by atoms with Gasteiger partial charge < -0.3 is 25.0 Å². The van der Waals surface area contributed by atoms with Gasteiger partial charge in [-0.15, -0.1) is 0 Å². The van der Waals surface area contributed by atoms with E-state index in [1.54, 1.807) is 40.0 Å². The number of pyridine rings is 1. The number of nitrogens with zero attached hydrogens (tertiary/aromatic N) is 3. The summed E-state index contributed by atoms with van der Waals surface area (Å²) >= 11 is 5.92. The van der Waals surface area contributed by atoms with E-state index in [0.29, 0.717) is 40.3 Å². The average Bonchev–Trinajstić information content (AvgIpc) is 2.86. The number of carbonyl (C=O) groups is 2. The summed E-state index contributed by atoms with van der Waals surface area (Å²) in [7, 11) is 1.56. The molecule has 0 saturated carbocycles. The zero-order valence-corrected chi connectivity index (χ0v) is 22.1. The molecular formula is C27H27ClFN5O4. The summed E-state index contributed by atoms with van der Waals surface area (Å²) < 4.78 is 24.5. The van der Waals surface area contributed by atoms with Crippen LogP contribution in [-0.4, -0.2) is 48.2 Å². The molecule has 9 nitrogen and oxygen atoms in total. The molecule has 2 amide bonds. The highest BCUT2D eigenvalue weighted by atomic mass is 35.5. The lowest BCUT2D eigenvalue weighted by molar-refractivity contribution is -0.111. The molecule has 2 aromatic carbocycles. The van der Waals surface area contributed by atoms with E-state index in [1.807, 2.05) is 0 Å². The summed E-state index contributed by atoms with van der Waals surface area (Å²) in [6, 6.07) is 9.49. The van der Waals surface area contributed by atoms with Gasteiger partial charge in [-0.25, -0.2) is 9.18 Å². The monoisotopic (exact) mass is 539 g/mol. The number of halogens is 2. The molecule has 3 rings (SSSR count). The van der Waals surface area contributed by atoms with Crippen molar-refractivity contribution in [3.63, 3.8) is 0 Å². The maximum atomic E-state index is 13.6. The third-order valence-corrected chi connectivity index (χ3v) is 5.42. The van der Waals surface area contributed by atoms with Crippen molar-refractivity contribution in [1.82, 2.24) is 9.88 Å². The molecule has 0 aliphatic rings. The number of hydrogen-bond acceptors (Lipinski definition) is 7. The number of ether oxygens (including phenoxy) is 2. The molecule has 11 heteroatoms. The molecule has 198 valence electrons. The van der Waals surface area contributed by atoms with E-state index in [0.717, 1.165) is 0 Å². The normalized spacial score (nSPS) is 10.9. The van der Waals surface area contributed by atoms with Crippen molar-refractivity contribution >= 4 is 51.6 Å². The second kappa shape index (κ2) is 12.7. The zero-order chi connectivity index (χ0) is 27.8. The fourth-order valence-corrected chi connectivity index (χ4v) is 3.57. The summed E-state index contributed by atoms with van der Waals surface area (Å²) in [6.07, 6.45) is 3.48. The number of carbonyl (C=O) groups excluding carboxylic acids is 2. The second-order valence-corrected chi connectivity index (χ2v) is 8.82. The van der Waals surface area contributed by atoms with Crippen LogP contribution in [0.2, 0.25) is 5.02 Å². The van der Waals surface area contributed by atoms with E-state index in [2.05, 4.69) is 21.7 Å². The highest BCUT2D eigenvalue weighted by Crippen LogP contribution is 2.36. The molecule has 3 aromatic rings. The first-order valence-electron chi connectivity index (χ1n) is 11.7. The number of anilines is 3. The third-order valence-electron chi connectivity index (χ3n) is 5.13. The van der Waals surface area contributed by atoms with Crippen molar-refractivity contribution in [1.29, 1.82) is 5.26 Å². The minimum absolute atomic E-state index is 0.0756. The molecule has 0 saturated heterocycles. The molecule has 0 spiro atoms. The molecule has 0 bridgehead atoms. The molecule has 0 aliphatic heterocycles. The van der Waals surface area contributed by atoms with Gasteiger partial charge in [0.1, 0.15) is 17.6 Å². The molecule has 1 aromatic heterocycles. The highest BCUT2D eigenvalue weighted by molar-refractivity contribution is 6.31. The van der Waals surface area contributed by atoms with E-state index in [4.69, 9.17) is 21.1 Å². The Kier molecular flexibility index (Phi) is 9.46. The van der Waals surface area contributed by atoms with Crippen molar-refractivity contribution in [2.45, 2.75) is 26.9 Å². The van der Waals surface area contributed by atoms with Gasteiger partial charge in [0.05, 0.1) is 40.2 Å². The van der Waals surface area contributed by atoms with Gasteiger partial charge >= 0.3 is 6.09 Å². The smallest absolute Gasteiger partial charge is 0.410 e. The predicted octanol–water partition coefficient (Wildman–Crippen LogP) is 6.01. The number of fused-ring (bicyclic) bond motifs is 1. The Morgan fingerprint density at radius 2 is 2.05 bits per heavy atom. The average molecular weight is 540 g/mol. The van der Waals surface area contributed by atoms with E-state index >= 15 is 0 Å². The van der Waals surface area contributed by atoms with Gasteiger partial charge in [0, 0.05) is 43.0 Å². The number of nitriles is 1. The van der Waals surface area contributed by atoms with Gasteiger partial charge in [-0.2, -0.15) is 5.26 Å². The first-order valence-corrected chi connectivity index (χ1v) is 12.1. The Morgan fingerprint density at radius 3 is 2.71 bits per heavy atom. The van der Waals surface area contributed by atoms with E-state index in [1.165, 1.54) is 41.4 Å². The van der Waals surface area contributed by atoms with Gasteiger partial charge in [0.15, 0.2) is 0 Å². The van der Waals surface area contributed by atoms with E-state index in [9.17, 15) is 19.2 Å². The predicted molar refractivity (Wildman–Crippen MR) is 144 cm³/mol. The van der Waals surface area contributed by atoms with Crippen LogP contribution in [0, 0.1) is 17.1 Å². The van der Waals surface area contributed by atoms with Crippen molar-refractivity contribution in [2.24, 2.45) is 0 Å². The molecule has 1 heterocycles. The van der Waals surface area contributed by atoms with Crippen molar-refractivity contribution in [3.8, 4) is 11.8 Å². The molecule has 38 heavy (non-hydrogen) atoms. The van der Waals surface area contributed by atoms with Gasteiger partial charge in [-0.1, -0.05) is 17.7 Å². The standard InChI is InChI=1S/C27H27ClFN5O4/c1-5-37-24-13-22-19(12-23(24)33-25(35)7-6-10-34(4)27(36)38-16(2)3)26(17(14-30)15-31-22)32-18-8-9-21(29)20(28)11-18/h6-9,11-13,15-16H,5,10H2,1-4H3,(H,31,32)(H,33,35). The number of likely N-dealkylation sites (N-methyl/N-ethyl adjacent to an activating group) is 1. The quantitative estimate of drug-likeness (QED) is 0.320. The largest absolute Gasteiger partial charge is 0.492 e. The first-order chi connectivity index (χ1) is 18.1. The minimum Gasteiger partial charge on any atom is -0.492 e. The molecule has 0 fully saturated rings. The van der Waals surface area contributed by atoms with Crippen LogP contribution in [-0.2, 0) is 9.53 Å². The van der Waals surface area contributed by atoms with Crippen LogP contribution >= 0.6 is 11.6 Å². The fourth-order valence-electron chi connectivity index (χ4n) is 3.39. The zero-order valence-electron chi connectivity index (χ0n) is 21.3. The SMILES string of the molecule is CCOc1cc2ncc(C#N)c(Nc3ccc(F)c(Cl)c3)c2cc1NC(=O)C=CCN(C)C(=O)OC(C)C. The third kappa shape index (κ3) is 7.11. The summed E-state index contributed by atoms with van der Waals surface area (Å²) in [5, 5.41) is 16.0. The number of rotatable bonds is 9. The fraction of sp³-hybridized carbons (Fsp3) is 0.259. The Bertz CT molecular complexity index is 1420. The maximum Gasteiger partial charge on any atom is 0.410 e. The van der Waals surface area contributed by atoms with Gasteiger partial charge in [-0.3, -0.25) is 9.78 Å². The van der Waals surface area contributed by atoms with Crippen LogP contribution in [0.3, 0.4) is 0 Å². The van der Waals surface area contributed by atoms with Gasteiger partial charge in [0.2, 0.25) is 5.91 Å². The van der Waals surface area contributed by atoms with Crippen LogP contribution in [0.1, 0.15) is 26.3 Å². The van der Waals surface area contributed by atoms with Crippen LogP contribution in [0.25, 0.3) is 10.9 Å². The number of amides is 2. The van der Waals surface area contributed by atoms with Crippen LogP contribution in [0.15, 0.2) is 48.7 Å². The van der Waals surface area contributed by atoms with Crippen molar-refractivity contribution in [3.05, 3.63) is 65.1 Å². The first kappa shape index (κ1) is 28.2. The van der Waals surface area contributed by atoms with E-state index in [-0.39, 0.29) is 23.2 Å². The topological polar surface area (TPSA) is 117 Å². The summed E-state index contributed by atoms with van der Waals surface area (Å²) in [5.74, 6) is -0.646. The number of aromatic nitrogens is 1. The number of nitrogens with one attached hydrogen (secondary N) is 2. The molecule has 0 radical (unpaired) electrons. The van der Waals surface area contributed by atoms with Crippen LogP contribution in [0.5, 0.6) is 5.75 Å². The molecule has 0 atom stereocenters. The van der Waals surface area contributed by atoms with Crippen LogP contribution in [0.4, 0.5) is 26.2 Å².